The van der Waals surface area contributed by atoms with E-state index in [-0.39, 0.29) is 0 Å². The predicted molar refractivity (Wildman–Crippen MR) is 78.8 cm³/mol. The minimum Gasteiger partial charge on any atom is -0.282 e. The normalized spacial score (nSPS) is 13.1. The summed E-state index contributed by atoms with van der Waals surface area (Å²) < 4.78 is 95.0. The highest BCUT2D eigenvalue weighted by Gasteiger charge is 2.24. The minimum atomic E-state index is -5.08. The first-order valence-corrected chi connectivity index (χ1v) is 9.95. The summed E-state index contributed by atoms with van der Waals surface area (Å²) in [5.74, 6) is 0. The molecular formula is C10H7NO10S3. The van der Waals surface area contributed by atoms with Crippen LogP contribution in [0.3, 0.4) is 0 Å². The third kappa shape index (κ3) is 3.42. The second kappa shape index (κ2) is 5.54. The molecule has 2 aromatic rings. The van der Waals surface area contributed by atoms with Crippen molar-refractivity contribution in [3.05, 3.63) is 29.2 Å². The lowest BCUT2D eigenvalue weighted by Gasteiger charge is -2.09. The SMILES string of the molecule is O=Nc1cc(S(=O)(=O)O)cc2cc(S(=O)(=O)O)cc(S(=O)(=O)O)c12. The Kier molecular flexibility index (Phi) is 4.24. The van der Waals surface area contributed by atoms with E-state index < -0.39 is 61.5 Å². The Morgan fingerprint density at radius 2 is 1.17 bits per heavy atom. The molecule has 0 unspecified atom stereocenters. The van der Waals surface area contributed by atoms with E-state index in [1.165, 1.54) is 0 Å². The van der Waals surface area contributed by atoms with Crippen LogP contribution in [0.5, 0.6) is 0 Å². The van der Waals surface area contributed by atoms with E-state index >= 15 is 0 Å². The summed E-state index contributed by atoms with van der Waals surface area (Å²) in [5, 5.41) is 1.34. The molecule has 0 atom stereocenters. The van der Waals surface area contributed by atoms with E-state index in [0.717, 1.165) is 0 Å². The Labute approximate surface area is 135 Å². The van der Waals surface area contributed by atoms with Gasteiger partial charge in [-0.3, -0.25) is 13.7 Å². The van der Waals surface area contributed by atoms with Crippen LogP contribution in [-0.4, -0.2) is 38.9 Å². The van der Waals surface area contributed by atoms with Gasteiger partial charge >= 0.3 is 0 Å². The Morgan fingerprint density at radius 1 is 0.708 bits per heavy atom. The van der Waals surface area contributed by atoms with Crippen molar-refractivity contribution < 1.29 is 38.9 Å². The van der Waals surface area contributed by atoms with E-state index in [4.69, 9.17) is 9.11 Å². The van der Waals surface area contributed by atoms with Gasteiger partial charge in [-0.1, -0.05) is 0 Å². The van der Waals surface area contributed by atoms with Crippen molar-refractivity contribution in [3.63, 3.8) is 0 Å². The first-order valence-electron chi connectivity index (χ1n) is 5.63. The third-order valence-corrected chi connectivity index (χ3v) is 5.45. The molecule has 0 saturated heterocycles. The molecule has 0 saturated carbocycles. The fourth-order valence-electron chi connectivity index (χ4n) is 1.97. The summed E-state index contributed by atoms with van der Waals surface area (Å²) in [5.41, 5.74) is -0.797. The molecule has 0 aliphatic rings. The zero-order valence-corrected chi connectivity index (χ0v) is 13.6. The van der Waals surface area contributed by atoms with Crippen LogP contribution in [0, 0.1) is 4.91 Å². The standard InChI is InChI=1S/C10H7NO10S3/c12-11-8-3-6(22(13,14)15)1-5-2-7(23(16,17)18)4-9(10(5)8)24(19,20)21/h1-4H,(H,13,14,15)(H,16,17,18)(H,19,20,21). The molecule has 11 nitrogen and oxygen atoms in total. The van der Waals surface area contributed by atoms with Crippen LogP contribution in [0.1, 0.15) is 0 Å². The number of nitroso groups, excluding NO2 is 1. The highest BCUT2D eigenvalue weighted by molar-refractivity contribution is 7.87. The van der Waals surface area contributed by atoms with Crippen molar-refractivity contribution in [1.82, 2.24) is 0 Å². The van der Waals surface area contributed by atoms with E-state index in [1.807, 2.05) is 0 Å². The summed E-state index contributed by atoms with van der Waals surface area (Å²) in [4.78, 5) is 7.93. The number of rotatable bonds is 4. The monoisotopic (exact) mass is 397 g/mol. The van der Waals surface area contributed by atoms with Crippen LogP contribution in [0.25, 0.3) is 10.8 Å². The second-order valence-corrected chi connectivity index (χ2v) is 8.71. The predicted octanol–water partition coefficient (Wildman–Crippen LogP) is 0.978. The maximum atomic E-state index is 11.4. The number of hydrogen-bond donors (Lipinski definition) is 3. The average molecular weight is 397 g/mol. The lowest BCUT2D eigenvalue weighted by Crippen LogP contribution is -2.05. The molecule has 0 amide bonds. The molecule has 0 bridgehead atoms. The van der Waals surface area contributed by atoms with Crippen LogP contribution in [0.15, 0.2) is 44.1 Å². The molecule has 130 valence electrons. The van der Waals surface area contributed by atoms with Crippen LogP contribution in [-0.2, 0) is 30.4 Å². The number of hydrogen-bond acceptors (Lipinski definition) is 8. The first kappa shape index (κ1) is 18.4. The van der Waals surface area contributed by atoms with E-state index in [9.17, 15) is 34.7 Å². The summed E-state index contributed by atoms with van der Waals surface area (Å²) >= 11 is 0. The third-order valence-electron chi connectivity index (χ3n) is 2.91. The van der Waals surface area contributed by atoms with Gasteiger partial charge in [0.15, 0.2) is 0 Å². The van der Waals surface area contributed by atoms with Crippen molar-refractivity contribution in [2.24, 2.45) is 5.18 Å². The highest BCUT2D eigenvalue weighted by atomic mass is 32.2. The first-order chi connectivity index (χ1) is 10.7. The summed E-state index contributed by atoms with van der Waals surface area (Å²) in [6, 6.07) is 2.19. The van der Waals surface area contributed by atoms with Crippen LogP contribution < -0.4 is 0 Å². The molecule has 2 rings (SSSR count). The molecule has 0 radical (unpaired) electrons. The molecular weight excluding hydrogens is 390 g/mol. The lowest BCUT2D eigenvalue weighted by molar-refractivity contribution is 0.480. The molecule has 0 aromatic heterocycles. The van der Waals surface area contributed by atoms with Crippen LogP contribution in [0.4, 0.5) is 5.69 Å². The van der Waals surface area contributed by atoms with Gasteiger partial charge in [-0.25, -0.2) is 0 Å². The van der Waals surface area contributed by atoms with Gasteiger partial charge in [0.05, 0.1) is 9.79 Å². The fourth-order valence-corrected chi connectivity index (χ4v) is 3.88. The van der Waals surface area contributed by atoms with Gasteiger partial charge in [0.25, 0.3) is 30.4 Å². The van der Waals surface area contributed by atoms with Gasteiger partial charge < -0.3 is 0 Å². The average Bonchev–Trinajstić information content (AvgIpc) is 2.41. The Balaban J connectivity index is 3.19. The van der Waals surface area contributed by atoms with E-state index in [0.29, 0.717) is 24.3 Å². The Bertz CT molecular complexity index is 1170. The minimum absolute atomic E-state index is 0.370. The molecule has 0 heterocycles. The van der Waals surface area contributed by atoms with Crippen LogP contribution in [0.2, 0.25) is 0 Å². The highest BCUT2D eigenvalue weighted by Crippen LogP contribution is 2.36. The maximum Gasteiger partial charge on any atom is 0.295 e. The largest absolute Gasteiger partial charge is 0.295 e. The quantitative estimate of drug-likeness (QED) is 0.494. The fraction of sp³-hybridized carbons (Fsp3) is 0. The Hall–Kier alpha value is -1.97. The zero-order valence-electron chi connectivity index (χ0n) is 11.2. The van der Waals surface area contributed by atoms with Gasteiger partial charge in [0.1, 0.15) is 10.6 Å². The van der Waals surface area contributed by atoms with Crippen LogP contribution >= 0.6 is 0 Å². The van der Waals surface area contributed by atoms with Gasteiger partial charge in [-0.05, 0) is 34.8 Å². The number of fused-ring (bicyclic) bond motifs is 1. The van der Waals surface area contributed by atoms with Crippen molar-refractivity contribution >= 4 is 46.8 Å². The lowest BCUT2D eigenvalue weighted by atomic mass is 10.1. The molecule has 0 spiro atoms. The van der Waals surface area contributed by atoms with E-state index in [1.54, 1.807) is 0 Å². The van der Waals surface area contributed by atoms with Crippen molar-refractivity contribution in [3.8, 4) is 0 Å². The Morgan fingerprint density at radius 3 is 1.54 bits per heavy atom. The maximum absolute atomic E-state index is 11.4. The van der Waals surface area contributed by atoms with Crippen molar-refractivity contribution in [2.45, 2.75) is 14.7 Å². The van der Waals surface area contributed by atoms with Crippen molar-refractivity contribution in [1.29, 1.82) is 0 Å². The smallest absolute Gasteiger partial charge is 0.282 e. The molecule has 14 heteroatoms. The summed E-state index contributed by atoms with van der Waals surface area (Å²) in [7, 11) is -14.9. The van der Waals surface area contributed by atoms with E-state index in [2.05, 4.69) is 5.18 Å². The topological polar surface area (TPSA) is 193 Å². The summed E-state index contributed by atoms with van der Waals surface area (Å²) in [6.45, 7) is 0. The molecule has 2 aromatic carbocycles. The molecule has 0 fully saturated rings. The zero-order chi connectivity index (χ0) is 18.5. The number of nitrogens with zero attached hydrogens (tertiary/aromatic N) is 1. The van der Waals surface area contributed by atoms with Gasteiger partial charge in [0, 0.05) is 5.39 Å². The molecule has 0 aliphatic carbocycles. The molecule has 0 aliphatic heterocycles. The molecule has 24 heavy (non-hydrogen) atoms. The van der Waals surface area contributed by atoms with Gasteiger partial charge in [0.2, 0.25) is 0 Å². The molecule has 3 N–H and O–H groups in total. The van der Waals surface area contributed by atoms with Gasteiger partial charge in [-0.2, -0.15) is 25.3 Å². The van der Waals surface area contributed by atoms with Crippen molar-refractivity contribution in [2.75, 3.05) is 0 Å². The summed E-state index contributed by atoms with van der Waals surface area (Å²) in [6.07, 6.45) is 0. The number of benzene rings is 2. The van der Waals surface area contributed by atoms with Gasteiger partial charge in [-0.15, -0.1) is 4.91 Å². The second-order valence-electron chi connectivity index (χ2n) is 4.48.